The van der Waals surface area contributed by atoms with E-state index in [0.29, 0.717) is 45.1 Å². The number of alkyl carbamates (subject to hydrolysis) is 1. The molecule has 0 spiro atoms. The van der Waals surface area contributed by atoms with E-state index >= 15 is 0 Å². The molecule has 23 heteroatoms. The minimum absolute atomic E-state index is 0. The topological polar surface area (TPSA) is 307 Å². The summed E-state index contributed by atoms with van der Waals surface area (Å²) >= 11 is 0. The molecule has 0 saturated heterocycles. The van der Waals surface area contributed by atoms with Gasteiger partial charge in [0.05, 0.1) is 13.3 Å². The molecule has 2 atom stereocenters. The molecule has 22 nitrogen and oxygen atoms in total. The summed E-state index contributed by atoms with van der Waals surface area (Å²) in [6.45, 7) is 14.8. The van der Waals surface area contributed by atoms with Crippen molar-refractivity contribution in [2.75, 3.05) is 46.6 Å². The Morgan fingerprint density at radius 1 is 0.549 bits per heavy atom. The molecule has 82 heavy (non-hydrogen) atoms. The van der Waals surface area contributed by atoms with Crippen LogP contribution in [-0.2, 0) is 52.4 Å². The third-order valence-corrected chi connectivity index (χ3v) is 12.1. The van der Waals surface area contributed by atoms with E-state index in [1.54, 1.807) is 24.8 Å². The number of carbonyl (C=O) groups is 7. The fourth-order valence-corrected chi connectivity index (χ4v) is 7.28. The number of aliphatic hydroxyl groups is 1. The van der Waals surface area contributed by atoms with Crippen molar-refractivity contribution in [3.8, 4) is 0 Å². The number of nitrogens with one attached hydrogen (secondary N) is 2. The van der Waals surface area contributed by atoms with Gasteiger partial charge >= 0.3 is 93.4 Å². The van der Waals surface area contributed by atoms with Crippen molar-refractivity contribution in [2.24, 2.45) is 11.5 Å². The molecule has 0 aliphatic carbocycles. The maximum Gasteiger partial charge on any atom is 1.00 e. The largest absolute Gasteiger partial charge is 1.00 e. The van der Waals surface area contributed by atoms with Crippen LogP contribution in [0, 0.1) is 6.92 Å². The third kappa shape index (κ3) is 50.7. The first-order chi connectivity index (χ1) is 39.2. The van der Waals surface area contributed by atoms with E-state index in [2.05, 4.69) is 48.3 Å². The third-order valence-electron chi connectivity index (χ3n) is 12.1. The number of amides is 1. The molecule has 468 valence electrons. The first-order valence-electron chi connectivity index (χ1n) is 30.0. The summed E-state index contributed by atoms with van der Waals surface area (Å²) in [5.74, 6) is -1.83. The summed E-state index contributed by atoms with van der Waals surface area (Å²) in [6, 6.07) is -0.808. The molecule has 2 aromatic heterocycles. The number of aliphatic hydroxyl groups excluding tert-OH is 1. The van der Waals surface area contributed by atoms with E-state index in [9.17, 15) is 38.7 Å². The van der Waals surface area contributed by atoms with Gasteiger partial charge in [-0.05, 0) is 64.5 Å². The van der Waals surface area contributed by atoms with Crippen LogP contribution in [0.4, 0.5) is 9.59 Å². The number of imidazole rings is 2. The zero-order chi connectivity index (χ0) is 60.6. The minimum Gasteiger partial charge on any atom is -0.468 e. The van der Waals surface area contributed by atoms with Gasteiger partial charge in [0.1, 0.15) is 51.2 Å². The normalized spacial score (nSPS) is 11.2. The number of nitrogens with two attached hydrogens (primary N) is 2. The van der Waals surface area contributed by atoms with Gasteiger partial charge in [-0.1, -0.05) is 137 Å². The van der Waals surface area contributed by atoms with E-state index in [1.165, 1.54) is 54.6 Å². The van der Waals surface area contributed by atoms with Gasteiger partial charge < -0.3 is 57.2 Å². The number of aromatic nitrogens is 4. The average Bonchev–Trinajstić information content (AvgIpc) is 4.22. The Labute approximate surface area is 533 Å². The smallest absolute Gasteiger partial charge is 0.468 e. The van der Waals surface area contributed by atoms with Crippen molar-refractivity contribution in [1.29, 1.82) is 0 Å². The molecule has 0 radical (unpaired) electrons. The molecule has 0 fully saturated rings. The summed E-state index contributed by atoms with van der Waals surface area (Å²) in [4.78, 5) is 91.2. The van der Waals surface area contributed by atoms with E-state index in [0.717, 1.165) is 116 Å². The number of hydrogen-bond donors (Lipinski definition) is 5. The number of hydrogen-bond acceptors (Lipinski definition) is 19. The van der Waals surface area contributed by atoms with Gasteiger partial charge in [-0.3, -0.25) is 38.4 Å². The summed E-state index contributed by atoms with van der Waals surface area (Å²) in [7, 11) is 1.33. The molecule has 2 heterocycles. The molecule has 0 aromatic carbocycles. The SMILES string of the molecule is CCCCCC(=O)OCC(O)COC(=O)CCCCC.CCCCCCC(NC(=O)OC(COC(=O)CCCCC)COC(=O)CCCCC)NC(CCCCN)C(=O)OC.O=C(n1ccnc1)n1ccnc1.[CH2-]CCCCCCN.[K+]. The van der Waals surface area contributed by atoms with Gasteiger partial charge in [-0.25, -0.2) is 19.6 Å². The fourth-order valence-electron chi connectivity index (χ4n) is 7.28. The van der Waals surface area contributed by atoms with Crippen LogP contribution in [0.1, 0.15) is 221 Å². The molecular weight excluding hydrogens is 1080 g/mol. The van der Waals surface area contributed by atoms with Crippen LogP contribution in [0.5, 0.6) is 0 Å². The summed E-state index contributed by atoms with van der Waals surface area (Å²) < 4.78 is 33.7. The second kappa shape index (κ2) is 60.3. The molecule has 0 aliphatic heterocycles. The molecule has 0 aliphatic rings. The summed E-state index contributed by atoms with van der Waals surface area (Å²) in [5.41, 5.74) is 10.9. The maximum atomic E-state index is 13.0. The van der Waals surface area contributed by atoms with Gasteiger partial charge in [0.2, 0.25) is 0 Å². The van der Waals surface area contributed by atoms with Gasteiger partial charge in [0.25, 0.3) is 0 Å². The van der Waals surface area contributed by atoms with Crippen molar-refractivity contribution in [3.05, 3.63) is 44.4 Å². The van der Waals surface area contributed by atoms with Crippen LogP contribution >= 0.6 is 0 Å². The molecule has 2 rings (SSSR count). The van der Waals surface area contributed by atoms with Gasteiger partial charge in [-0.15, -0.1) is 0 Å². The Kier molecular flexibility index (Phi) is 60.6. The van der Waals surface area contributed by atoms with Crippen molar-refractivity contribution in [1.82, 2.24) is 29.7 Å². The van der Waals surface area contributed by atoms with Crippen LogP contribution in [0.3, 0.4) is 0 Å². The van der Waals surface area contributed by atoms with Crippen molar-refractivity contribution in [2.45, 2.75) is 245 Å². The maximum absolute atomic E-state index is 13.0. The Bertz CT molecular complexity index is 1740. The molecule has 0 bridgehead atoms. The molecular formula is C59H107KN8O14. The number of nitrogens with zero attached hydrogens (tertiary/aromatic N) is 4. The summed E-state index contributed by atoms with van der Waals surface area (Å²) in [5, 5.41) is 15.5. The molecule has 1 amide bonds. The molecule has 0 saturated carbocycles. The summed E-state index contributed by atoms with van der Waals surface area (Å²) in [6.07, 6.45) is 30.7. The van der Waals surface area contributed by atoms with Crippen molar-refractivity contribution in [3.63, 3.8) is 0 Å². The fraction of sp³-hybridized carbons (Fsp3) is 0.763. The number of carbonyl (C=O) groups excluding carboxylic acids is 7. The van der Waals surface area contributed by atoms with E-state index in [1.807, 2.05) is 13.8 Å². The number of ether oxygens (including phenoxy) is 6. The van der Waals surface area contributed by atoms with Gasteiger partial charge in [0, 0.05) is 50.5 Å². The van der Waals surface area contributed by atoms with Gasteiger partial charge in [0.15, 0.2) is 6.10 Å². The second-order valence-corrected chi connectivity index (χ2v) is 19.6. The molecule has 2 aromatic rings. The quantitative estimate of drug-likeness (QED) is 0.0114. The predicted octanol–water partition coefficient (Wildman–Crippen LogP) is 6.81. The van der Waals surface area contributed by atoms with Crippen LogP contribution in [0.2, 0.25) is 0 Å². The van der Waals surface area contributed by atoms with Crippen LogP contribution in [-0.4, -0.2) is 137 Å². The molecule has 2 unspecified atom stereocenters. The predicted molar refractivity (Wildman–Crippen MR) is 312 cm³/mol. The minimum atomic E-state index is -0.970. The molecule has 7 N–H and O–H groups in total. The van der Waals surface area contributed by atoms with Crippen molar-refractivity contribution < 1.29 is 118 Å². The Hall–Kier alpha value is -3.81. The van der Waals surface area contributed by atoms with Crippen LogP contribution in [0.25, 0.3) is 0 Å². The number of esters is 5. The Morgan fingerprint density at radius 3 is 1.33 bits per heavy atom. The van der Waals surface area contributed by atoms with Gasteiger partial charge in [-0.2, -0.15) is 6.42 Å². The number of rotatable bonds is 43. The second-order valence-electron chi connectivity index (χ2n) is 19.6. The Balaban J connectivity index is -0.00000123. The first kappa shape index (κ1) is 82.4. The zero-order valence-corrected chi connectivity index (χ0v) is 54.6. The van der Waals surface area contributed by atoms with Crippen LogP contribution in [0.15, 0.2) is 37.4 Å². The number of methoxy groups -OCH3 is 1. The van der Waals surface area contributed by atoms with E-state index < -0.39 is 48.4 Å². The van der Waals surface area contributed by atoms with E-state index in [-0.39, 0.29) is 109 Å². The van der Waals surface area contributed by atoms with E-state index in [4.69, 9.17) is 39.9 Å². The van der Waals surface area contributed by atoms with Crippen LogP contribution < -0.4 is 73.5 Å². The standard InChI is InChI=1S/C30H57N3O8.C15H28O5.C7H6N4O.C7H16N.K/c1-5-8-11-14-18-26(32-25(29(36)38-4)17-15-16-21-31)33-30(37)41-24(22-39-27(34)19-12-9-6-2)23-40-28(35)20-13-10-7-3;1-3-5-7-9-14(17)19-11-13(16)12-20-15(18)10-8-6-4-2;12-7(10-3-1-8-5-10)11-4-2-9-6-11;1-2-3-4-5-6-7-8;/h24-26,32H,5-23,31H2,1-4H3,(H,33,37);13,16H,3-12H2,1-2H3;1-6H;1-8H2;/q;;;-1;+1. The zero-order valence-electron chi connectivity index (χ0n) is 51.4. The Morgan fingerprint density at radius 2 is 0.939 bits per heavy atom. The first-order valence-corrected chi connectivity index (χ1v) is 30.0. The van der Waals surface area contributed by atoms with Crippen molar-refractivity contribution >= 4 is 42.0 Å². The monoisotopic (exact) mass is 1190 g/mol. The average molecular weight is 1190 g/mol. The number of unbranched alkanes of at least 4 members (excludes halogenated alkanes) is 16.